The van der Waals surface area contributed by atoms with Crippen molar-refractivity contribution in [2.24, 2.45) is 11.3 Å². The van der Waals surface area contributed by atoms with E-state index in [1.807, 2.05) is 52.8 Å². The summed E-state index contributed by atoms with van der Waals surface area (Å²) < 4.78 is 10.5. The van der Waals surface area contributed by atoms with E-state index in [0.717, 1.165) is 22.8 Å². The van der Waals surface area contributed by atoms with Crippen LogP contribution >= 0.6 is 0 Å². The molecule has 0 bridgehead atoms. The van der Waals surface area contributed by atoms with Gasteiger partial charge in [-0.3, -0.25) is 9.59 Å². The van der Waals surface area contributed by atoms with Crippen molar-refractivity contribution in [2.45, 2.75) is 60.5 Å². The number of hydrogen-bond acceptors (Lipinski definition) is 8. The van der Waals surface area contributed by atoms with Gasteiger partial charge in [0.25, 0.3) is 0 Å². The summed E-state index contributed by atoms with van der Waals surface area (Å²) in [5.74, 6) is -5.21. The SMILES string of the molecule is C=C1OC(=O)C(C(=O)/C=C/[C@@]2(C)C=C(C)[C@@H](C)C[C@@]23OC(=O)/C(=C(O)/C(C)=C/C=C/C(C)=C/C(C)=C/C)C3=O)=C1O. The summed E-state index contributed by atoms with van der Waals surface area (Å²) >= 11 is 0. The Morgan fingerprint density at radius 3 is 2.37 bits per heavy atom. The fourth-order valence-corrected chi connectivity index (χ4v) is 5.08. The topological polar surface area (TPSA) is 127 Å². The molecule has 0 aromatic carbocycles. The summed E-state index contributed by atoms with van der Waals surface area (Å²) in [4.78, 5) is 52.0. The molecule has 0 amide bonds. The molecule has 8 nitrogen and oxygen atoms in total. The molecule has 8 heteroatoms. The lowest BCUT2D eigenvalue weighted by molar-refractivity contribution is -0.162. The average Bonchev–Trinajstić information content (AvgIpc) is 3.30. The van der Waals surface area contributed by atoms with Gasteiger partial charge >= 0.3 is 11.9 Å². The Hall–Kier alpha value is -4.46. The quantitative estimate of drug-likeness (QED) is 0.0958. The van der Waals surface area contributed by atoms with E-state index in [2.05, 4.69) is 6.58 Å². The van der Waals surface area contributed by atoms with Crippen LogP contribution in [0.1, 0.15) is 54.9 Å². The standard InChI is InChI=1S/C33H36O8/c1-9-18(2)15-19(3)11-10-12-20(4)27(35)26-29(37)33(41-31(26)39)17-22(6)21(5)16-32(33,8)14-13-24(34)25-28(36)23(7)40-30(25)38/h9-16,22,35-36H,7,17H2,1-6,8H3/b11-10+,14-13+,18-9+,19-15+,20-12+,27-26-/t22-,32-,33-/m0/s1. The summed E-state index contributed by atoms with van der Waals surface area (Å²) in [5, 5.41) is 21.0. The van der Waals surface area contributed by atoms with Crippen molar-refractivity contribution in [1.29, 1.82) is 0 Å². The molecule has 2 aliphatic heterocycles. The average molecular weight is 561 g/mol. The molecule has 0 aromatic heterocycles. The maximum absolute atomic E-state index is 14.0. The van der Waals surface area contributed by atoms with Gasteiger partial charge in [0.05, 0.1) is 5.41 Å². The van der Waals surface area contributed by atoms with Crippen LogP contribution in [0.3, 0.4) is 0 Å². The molecule has 2 N–H and O–H groups in total. The Kier molecular flexibility index (Phi) is 8.77. The predicted molar refractivity (Wildman–Crippen MR) is 154 cm³/mol. The van der Waals surface area contributed by atoms with Gasteiger partial charge in [-0.05, 0) is 59.1 Å². The molecule has 1 aliphatic carbocycles. The van der Waals surface area contributed by atoms with Crippen molar-refractivity contribution < 1.29 is 38.9 Å². The zero-order valence-corrected chi connectivity index (χ0v) is 24.5. The van der Waals surface area contributed by atoms with Crippen LogP contribution in [-0.2, 0) is 28.7 Å². The second-order valence-corrected chi connectivity index (χ2v) is 10.9. The van der Waals surface area contributed by atoms with Crippen molar-refractivity contribution in [3.05, 3.63) is 106 Å². The smallest absolute Gasteiger partial charge is 0.351 e. The van der Waals surface area contributed by atoms with Crippen molar-refractivity contribution in [2.75, 3.05) is 0 Å². The number of ketones is 2. The highest BCUT2D eigenvalue weighted by Gasteiger charge is 2.64. The Balaban J connectivity index is 2.04. The highest BCUT2D eigenvalue weighted by molar-refractivity contribution is 6.27. The number of carbonyl (C=O) groups excluding carboxylic acids is 4. The first-order chi connectivity index (χ1) is 19.1. The van der Waals surface area contributed by atoms with Gasteiger partial charge in [-0.15, -0.1) is 0 Å². The molecule has 1 spiro atoms. The van der Waals surface area contributed by atoms with Crippen molar-refractivity contribution >= 4 is 23.5 Å². The molecule has 2 heterocycles. The maximum Gasteiger partial charge on any atom is 0.351 e. The summed E-state index contributed by atoms with van der Waals surface area (Å²) in [6.45, 7) is 16.2. The lowest BCUT2D eigenvalue weighted by Crippen LogP contribution is -2.53. The second kappa shape index (κ2) is 11.6. The Bertz CT molecular complexity index is 1490. The molecule has 1 saturated heterocycles. The molecular formula is C33H36O8. The van der Waals surface area contributed by atoms with E-state index in [0.29, 0.717) is 5.57 Å². The zero-order chi connectivity index (χ0) is 30.9. The fraction of sp³-hybridized carbons (Fsp3) is 0.333. The summed E-state index contributed by atoms with van der Waals surface area (Å²) in [6, 6.07) is 0. The molecule has 3 rings (SSSR count). The zero-order valence-electron chi connectivity index (χ0n) is 24.5. The minimum Gasteiger partial charge on any atom is -0.507 e. The molecule has 0 radical (unpaired) electrons. The number of hydrogen-bond donors (Lipinski definition) is 2. The van der Waals surface area contributed by atoms with E-state index in [-0.39, 0.29) is 18.1 Å². The van der Waals surface area contributed by atoms with Crippen molar-refractivity contribution in [3.63, 3.8) is 0 Å². The lowest BCUT2D eigenvalue weighted by Gasteiger charge is -2.45. The van der Waals surface area contributed by atoms with E-state index in [1.165, 1.54) is 6.08 Å². The maximum atomic E-state index is 14.0. The van der Waals surface area contributed by atoms with Gasteiger partial charge in [0.2, 0.25) is 5.78 Å². The number of aliphatic hydroxyl groups is 2. The molecule has 1 fully saturated rings. The Morgan fingerprint density at radius 1 is 1.12 bits per heavy atom. The van der Waals surface area contributed by atoms with Crippen LogP contribution in [0.15, 0.2) is 106 Å². The van der Waals surface area contributed by atoms with Gasteiger partial charge in [-0.25, -0.2) is 9.59 Å². The van der Waals surface area contributed by atoms with Gasteiger partial charge in [-0.1, -0.05) is 72.8 Å². The van der Waals surface area contributed by atoms with Gasteiger partial charge < -0.3 is 19.7 Å². The van der Waals surface area contributed by atoms with Gasteiger partial charge in [0.15, 0.2) is 28.5 Å². The highest BCUT2D eigenvalue weighted by Crippen LogP contribution is 2.53. The van der Waals surface area contributed by atoms with E-state index in [4.69, 9.17) is 9.47 Å². The first-order valence-electron chi connectivity index (χ1n) is 13.2. The monoisotopic (exact) mass is 560 g/mol. The van der Waals surface area contributed by atoms with Crippen LogP contribution in [0.5, 0.6) is 0 Å². The highest BCUT2D eigenvalue weighted by atomic mass is 16.6. The van der Waals surface area contributed by atoms with Gasteiger partial charge in [0.1, 0.15) is 11.3 Å². The van der Waals surface area contributed by atoms with Gasteiger partial charge in [-0.2, -0.15) is 0 Å². The molecule has 0 aromatic rings. The van der Waals surface area contributed by atoms with Gasteiger partial charge in [0, 0.05) is 6.42 Å². The van der Waals surface area contributed by atoms with Crippen LogP contribution in [0, 0.1) is 11.3 Å². The van der Waals surface area contributed by atoms with E-state index < -0.39 is 57.2 Å². The first-order valence-corrected chi connectivity index (χ1v) is 13.2. The number of rotatable bonds is 7. The number of allylic oxidation sites excluding steroid dienone is 10. The number of ether oxygens (including phenoxy) is 2. The van der Waals surface area contributed by atoms with E-state index in [9.17, 15) is 29.4 Å². The van der Waals surface area contributed by atoms with Crippen LogP contribution in [-0.4, -0.2) is 39.3 Å². The lowest BCUT2D eigenvalue weighted by atomic mass is 9.61. The summed E-state index contributed by atoms with van der Waals surface area (Å²) in [5.41, 5.74) is -0.871. The predicted octanol–water partition coefficient (Wildman–Crippen LogP) is 6.08. The fourth-order valence-electron chi connectivity index (χ4n) is 5.08. The van der Waals surface area contributed by atoms with Crippen molar-refractivity contribution in [1.82, 2.24) is 0 Å². The Labute approximate surface area is 240 Å². The molecular weight excluding hydrogens is 524 g/mol. The van der Waals surface area contributed by atoms with Crippen LogP contribution in [0.2, 0.25) is 0 Å². The van der Waals surface area contributed by atoms with Crippen LogP contribution < -0.4 is 0 Å². The molecule has 216 valence electrons. The number of Topliss-reactive ketones (excluding diaryl/α,β-unsaturated/α-hetero) is 1. The molecule has 3 atom stereocenters. The number of aliphatic hydroxyl groups excluding tert-OH is 2. The van der Waals surface area contributed by atoms with Crippen molar-refractivity contribution in [3.8, 4) is 0 Å². The summed E-state index contributed by atoms with van der Waals surface area (Å²) in [6.07, 6.45) is 13.4. The minimum absolute atomic E-state index is 0.107. The van der Waals surface area contributed by atoms with E-state index >= 15 is 0 Å². The largest absolute Gasteiger partial charge is 0.507 e. The third-order valence-corrected chi connectivity index (χ3v) is 7.81. The molecule has 3 aliphatic rings. The number of cyclic esters (lactones) is 1. The number of esters is 2. The first kappa shape index (κ1) is 31.1. The molecule has 41 heavy (non-hydrogen) atoms. The van der Waals surface area contributed by atoms with E-state index in [1.54, 1.807) is 32.1 Å². The third-order valence-electron chi connectivity index (χ3n) is 7.81. The summed E-state index contributed by atoms with van der Waals surface area (Å²) in [7, 11) is 0. The minimum atomic E-state index is -1.75. The normalized spacial score (nSPS) is 29.2. The molecule has 0 saturated carbocycles. The van der Waals surface area contributed by atoms with Crippen LogP contribution in [0.25, 0.3) is 0 Å². The molecule has 0 unspecified atom stereocenters. The second-order valence-electron chi connectivity index (χ2n) is 10.9. The Morgan fingerprint density at radius 2 is 1.78 bits per heavy atom. The third kappa shape index (κ3) is 5.73. The van der Waals surface area contributed by atoms with Crippen LogP contribution in [0.4, 0.5) is 0 Å². The number of carbonyl (C=O) groups is 4.